The SMILES string of the molecule is Cc1[nH]c2ccc(C(C)C)cc2c1C(=O)CNC1CC1. The van der Waals surface area contributed by atoms with Crippen LogP contribution in [0.15, 0.2) is 18.2 Å². The predicted octanol–water partition coefficient (Wildman–Crippen LogP) is 3.53. The fourth-order valence-corrected chi connectivity index (χ4v) is 2.68. The number of aryl methyl sites for hydroxylation is 1. The molecule has 2 N–H and O–H groups in total. The third-order valence-electron chi connectivity index (χ3n) is 4.08. The van der Waals surface area contributed by atoms with Crippen molar-refractivity contribution >= 4 is 16.7 Å². The highest BCUT2D eigenvalue weighted by atomic mass is 16.1. The van der Waals surface area contributed by atoms with Gasteiger partial charge in [0.05, 0.1) is 6.54 Å². The molecule has 1 aliphatic rings. The number of hydrogen-bond acceptors (Lipinski definition) is 2. The van der Waals surface area contributed by atoms with E-state index in [1.54, 1.807) is 0 Å². The van der Waals surface area contributed by atoms with Gasteiger partial charge < -0.3 is 10.3 Å². The Kier molecular flexibility index (Phi) is 3.38. The molecule has 0 radical (unpaired) electrons. The quantitative estimate of drug-likeness (QED) is 0.816. The zero-order chi connectivity index (χ0) is 14.3. The molecule has 1 aromatic carbocycles. The molecular weight excluding hydrogens is 248 g/mol. The topological polar surface area (TPSA) is 44.9 Å². The first-order chi connectivity index (χ1) is 9.56. The van der Waals surface area contributed by atoms with Crippen LogP contribution in [0.1, 0.15) is 54.2 Å². The van der Waals surface area contributed by atoms with Gasteiger partial charge in [-0.25, -0.2) is 0 Å². The molecule has 0 bridgehead atoms. The Labute approximate surface area is 119 Å². The van der Waals surface area contributed by atoms with Crippen molar-refractivity contribution in [2.24, 2.45) is 0 Å². The third kappa shape index (κ3) is 2.50. The van der Waals surface area contributed by atoms with E-state index in [4.69, 9.17) is 0 Å². The van der Waals surface area contributed by atoms with Gasteiger partial charge in [-0.15, -0.1) is 0 Å². The molecule has 0 unspecified atom stereocenters. The van der Waals surface area contributed by atoms with E-state index in [2.05, 4.69) is 42.3 Å². The van der Waals surface area contributed by atoms with Crippen molar-refractivity contribution in [2.75, 3.05) is 6.54 Å². The number of aromatic nitrogens is 1. The van der Waals surface area contributed by atoms with Gasteiger partial charge in [-0.2, -0.15) is 0 Å². The maximum atomic E-state index is 12.5. The Bertz CT molecular complexity index is 650. The van der Waals surface area contributed by atoms with Gasteiger partial charge in [0.2, 0.25) is 0 Å². The summed E-state index contributed by atoms with van der Waals surface area (Å²) in [4.78, 5) is 15.8. The highest BCUT2D eigenvalue weighted by molar-refractivity contribution is 6.10. The Morgan fingerprint density at radius 2 is 2.15 bits per heavy atom. The number of H-pyrrole nitrogens is 1. The van der Waals surface area contributed by atoms with Gasteiger partial charge in [0.15, 0.2) is 5.78 Å². The average molecular weight is 270 g/mol. The van der Waals surface area contributed by atoms with Crippen molar-refractivity contribution in [1.82, 2.24) is 10.3 Å². The van der Waals surface area contributed by atoms with Crippen LogP contribution in [0.25, 0.3) is 10.9 Å². The van der Waals surface area contributed by atoms with Crippen molar-refractivity contribution in [3.05, 3.63) is 35.0 Å². The molecule has 3 heteroatoms. The molecule has 0 atom stereocenters. The molecule has 3 nitrogen and oxygen atoms in total. The van der Waals surface area contributed by atoms with Gasteiger partial charge in [0, 0.05) is 28.2 Å². The lowest BCUT2D eigenvalue weighted by atomic mass is 9.99. The van der Waals surface area contributed by atoms with E-state index < -0.39 is 0 Å². The molecule has 0 aliphatic heterocycles. The number of rotatable bonds is 5. The zero-order valence-corrected chi connectivity index (χ0v) is 12.4. The normalized spacial score (nSPS) is 15.2. The fourth-order valence-electron chi connectivity index (χ4n) is 2.68. The minimum absolute atomic E-state index is 0.196. The summed E-state index contributed by atoms with van der Waals surface area (Å²) >= 11 is 0. The summed E-state index contributed by atoms with van der Waals surface area (Å²) in [7, 11) is 0. The minimum atomic E-state index is 0.196. The summed E-state index contributed by atoms with van der Waals surface area (Å²) < 4.78 is 0. The molecule has 2 aromatic rings. The van der Waals surface area contributed by atoms with Gasteiger partial charge >= 0.3 is 0 Å². The van der Waals surface area contributed by atoms with Crippen LogP contribution >= 0.6 is 0 Å². The smallest absolute Gasteiger partial charge is 0.179 e. The van der Waals surface area contributed by atoms with E-state index in [9.17, 15) is 4.79 Å². The summed E-state index contributed by atoms with van der Waals surface area (Å²) in [6, 6.07) is 6.95. The Morgan fingerprint density at radius 1 is 1.40 bits per heavy atom. The lowest BCUT2D eigenvalue weighted by Gasteiger charge is -2.06. The maximum Gasteiger partial charge on any atom is 0.179 e. The number of nitrogens with one attached hydrogen (secondary N) is 2. The van der Waals surface area contributed by atoms with E-state index >= 15 is 0 Å². The zero-order valence-electron chi connectivity index (χ0n) is 12.4. The predicted molar refractivity (Wildman–Crippen MR) is 82.5 cm³/mol. The number of hydrogen-bond donors (Lipinski definition) is 2. The number of carbonyl (C=O) groups excluding carboxylic acids is 1. The van der Waals surface area contributed by atoms with Crippen LogP contribution in [0.5, 0.6) is 0 Å². The second kappa shape index (κ2) is 5.06. The number of benzene rings is 1. The van der Waals surface area contributed by atoms with Crippen LogP contribution in [0.2, 0.25) is 0 Å². The first-order valence-corrected chi connectivity index (χ1v) is 7.45. The molecule has 0 spiro atoms. The molecule has 0 saturated heterocycles. The fraction of sp³-hybridized carbons (Fsp3) is 0.471. The van der Waals surface area contributed by atoms with Crippen molar-refractivity contribution < 1.29 is 4.79 Å². The molecule has 1 heterocycles. The standard InChI is InChI=1S/C17H22N2O/c1-10(2)12-4-7-15-14(8-12)17(11(3)19-15)16(20)9-18-13-5-6-13/h4,7-8,10,13,18-19H,5-6,9H2,1-3H3. The lowest BCUT2D eigenvalue weighted by Crippen LogP contribution is -2.25. The van der Waals surface area contributed by atoms with Gasteiger partial charge in [-0.3, -0.25) is 4.79 Å². The summed E-state index contributed by atoms with van der Waals surface area (Å²) in [6.07, 6.45) is 2.41. The van der Waals surface area contributed by atoms with Crippen molar-refractivity contribution in [3.8, 4) is 0 Å². The second-order valence-corrected chi connectivity index (χ2v) is 6.16. The lowest BCUT2D eigenvalue weighted by molar-refractivity contribution is 0.0991. The Balaban J connectivity index is 1.96. The van der Waals surface area contributed by atoms with Crippen LogP contribution in [-0.2, 0) is 0 Å². The Morgan fingerprint density at radius 3 is 2.80 bits per heavy atom. The number of Topliss-reactive ketones (excluding diaryl/α,β-unsaturated/α-hetero) is 1. The molecule has 20 heavy (non-hydrogen) atoms. The average Bonchev–Trinajstić information content (AvgIpc) is 3.17. The summed E-state index contributed by atoms with van der Waals surface area (Å²) in [5.74, 6) is 0.670. The third-order valence-corrected chi connectivity index (χ3v) is 4.08. The molecule has 1 aliphatic carbocycles. The van der Waals surface area contributed by atoms with Crippen molar-refractivity contribution in [2.45, 2.75) is 45.6 Å². The second-order valence-electron chi connectivity index (χ2n) is 6.16. The molecule has 1 fully saturated rings. The first kappa shape index (κ1) is 13.4. The molecule has 106 valence electrons. The molecule has 1 saturated carbocycles. The van der Waals surface area contributed by atoms with Crippen LogP contribution in [-0.4, -0.2) is 23.4 Å². The minimum Gasteiger partial charge on any atom is -0.358 e. The number of fused-ring (bicyclic) bond motifs is 1. The van der Waals surface area contributed by atoms with Gasteiger partial charge in [-0.1, -0.05) is 19.9 Å². The molecule has 0 amide bonds. The molecule has 3 rings (SSSR count). The summed E-state index contributed by atoms with van der Waals surface area (Å²) in [6.45, 7) is 6.79. The van der Waals surface area contributed by atoms with Gasteiger partial charge in [0.25, 0.3) is 0 Å². The van der Waals surface area contributed by atoms with Crippen LogP contribution in [0.3, 0.4) is 0 Å². The van der Waals surface area contributed by atoms with Crippen LogP contribution in [0.4, 0.5) is 0 Å². The van der Waals surface area contributed by atoms with E-state index in [1.165, 1.54) is 18.4 Å². The van der Waals surface area contributed by atoms with E-state index in [1.807, 2.05) is 6.92 Å². The summed E-state index contributed by atoms with van der Waals surface area (Å²) in [5.41, 5.74) is 4.17. The number of aromatic amines is 1. The molecule has 1 aromatic heterocycles. The summed E-state index contributed by atoms with van der Waals surface area (Å²) in [5, 5.41) is 4.38. The maximum absolute atomic E-state index is 12.5. The van der Waals surface area contributed by atoms with Crippen molar-refractivity contribution in [1.29, 1.82) is 0 Å². The number of ketones is 1. The van der Waals surface area contributed by atoms with E-state index in [0.717, 1.165) is 22.2 Å². The van der Waals surface area contributed by atoms with Crippen molar-refractivity contribution in [3.63, 3.8) is 0 Å². The highest BCUT2D eigenvalue weighted by Gasteiger charge is 2.23. The van der Waals surface area contributed by atoms with Crippen LogP contribution < -0.4 is 5.32 Å². The molecular formula is C17H22N2O. The van der Waals surface area contributed by atoms with E-state index in [0.29, 0.717) is 18.5 Å². The van der Waals surface area contributed by atoms with Gasteiger partial charge in [-0.05, 0) is 43.4 Å². The monoisotopic (exact) mass is 270 g/mol. The Hall–Kier alpha value is -1.61. The largest absolute Gasteiger partial charge is 0.358 e. The van der Waals surface area contributed by atoms with E-state index in [-0.39, 0.29) is 5.78 Å². The number of carbonyl (C=O) groups is 1. The highest BCUT2D eigenvalue weighted by Crippen LogP contribution is 2.27. The van der Waals surface area contributed by atoms with Gasteiger partial charge in [0.1, 0.15) is 0 Å². The van der Waals surface area contributed by atoms with Crippen LogP contribution in [0, 0.1) is 6.92 Å². The first-order valence-electron chi connectivity index (χ1n) is 7.45.